The zero-order chi connectivity index (χ0) is 21.0. The van der Waals surface area contributed by atoms with Crippen LogP contribution in [0.25, 0.3) is 0 Å². The molecule has 2 aromatic rings. The fourth-order valence-corrected chi connectivity index (χ4v) is 4.56. The van der Waals surface area contributed by atoms with E-state index in [1.165, 1.54) is 6.26 Å². The lowest BCUT2D eigenvalue weighted by Gasteiger charge is -2.17. The number of rotatable bonds is 7. The summed E-state index contributed by atoms with van der Waals surface area (Å²) in [5.41, 5.74) is 1.67. The number of likely N-dealkylation sites (tertiary alicyclic amines) is 1. The van der Waals surface area contributed by atoms with Crippen molar-refractivity contribution in [2.24, 2.45) is 11.8 Å². The molecule has 2 unspecified atom stereocenters. The molecule has 0 amide bonds. The molecule has 7 heteroatoms. The Morgan fingerprint density at radius 2 is 1.93 bits per heavy atom. The molecule has 3 rings (SSSR count). The zero-order valence-corrected chi connectivity index (χ0v) is 18.2. The van der Waals surface area contributed by atoms with Gasteiger partial charge in [0.2, 0.25) is 0 Å². The molecule has 154 valence electrons. The summed E-state index contributed by atoms with van der Waals surface area (Å²) in [7, 11) is -3.19. The van der Waals surface area contributed by atoms with Gasteiger partial charge in [0.1, 0.15) is 5.75 Å². The molecule has 0 aromatic heterocycles. The average Bonchev–Trinajstić information content (AvgIpc) is 3.03. The standard InChI is InChI=1S/C22H25ClN2O3S/c1-16-13-25(8-7-17-9-18(12-24)11-20(23)10-17)14-19(16)15-28-21-3-5-22(6-4-21)29(2,26)27/h3-6,9-11,16,19H,7-8,13-15H2,1-2H3. The molecule has 1 aliphatic rings. The third-order valence-electron chi connectivity index (χ3n) is 5.36. The molecule has 1 heterocycles. The van der Waals surface area contributed by atoms with Crippen LogP contribution in [0.3, 0.4) is 0 Å². The quantitative estimate of drug-likeness (QED) is 0.665. The summed E-state index contributed by atoms with van der Waals surface area (Å²) in [6, 6.07) is 14.2. The Kier molecular flexibility index (Phi) is 6.84. The summed E-state index contributed by atoms with van der Waals surface area (Å²) in [5, 5.41) is 9.68. The minimum atomic E-state index is -3.19. The van der Waals surface area contributed by atoms with E-state index < -0.39 is 9.84 Å². The van der Waals surface area contributed by atoms with Crippen molar-refractivity contribution in [3.05, 3.63) is 58.6 Å². The lowest BCUT2D eigenvalue weighted by Crippen LogP contribution is -2.24. The fraction of sp³-hybridized carbons (Fsp3) is 0.409. The van der Waals surface area contributed by atoms with E-state index in [9.17, 15) is 8.42 Å². The molecule has 2 atom stereocenters. The van der Waals surface area contributed by atoms with Crippen molar-refractivity contribution in [3.63, 3.8) is 0 Å². The van der Waals surface area contributed by atoms with Crippen molar-refractivity contribution in [2.45, 2.75) is 18.2 Å². The van der Waals surface area contributed by atoms with Gasteiger partial charge >= 0.3 is 0 Å². The van der Waals surface area contributed by atoms with Gasteiger partial charge < -0.3 is 9.64 Å². The van der Waals surface area contributed by atoms with E-state index in [0.717, 1.165) is 31.6 Å². The van der Waals surface area contributed by atoms with Gasteiger partial charge in [-0.3, -0.25) is 0 Å². The number of hydrogen-bond acceptors (Lipinski definition) is 5. The second kappa shape index (κ2) is 9.17. The van der Waals surface area contributed by atoms with Crippen LogP contribution in [-0.4, -0.2) is 45.8 Å². The van der Waals surface area contributed by atoms with Crippen molar-refractivity contribution >= 4 is 21.4 Å². The minimum Gasteiger partial charge on any atom is -0.493 e. The first-order valence-corrected chi connectivity index (χ1v) is 11.9. The lowest BCUT2D eigenvalue weighted by atomic mass is 9.99. The molecule has 0 saturated carbocycles. The second-order valence-electron chi connectivity index (χ2n) is 7.76. The van der Waals surface area contributed by atoms with Gasteiger partial charge in [-0.1, -0.05) is 18.5 Å². The van der Waals surface area contributed by atoms with Crippen LogP contribution in [0.2, 0.25) is 5.02 Å². The first-order chi connectivity index (χ1) is 13.7. The normalized spacial score (nSPS) is 19.8. The Balaban J connectivity index is 1.51. The molecule has 0 N–H and O–H groups in total. The van der Waals surface area contributed by atoms with Gasteiger partial charge in [-0.05, 0) is 60.4 Å². The van der Waals surface area contributed by atoms with E-state index in [-0.39, 0.29) is 0 Å². The predicted octanol–water partition coefficient (Wildman–Crippen LogP) is 3.80. The molecule has 29 heavy (non-hydrogen) atoms. The number of halogens is 1. The molecule has 1 aliphatic heterocycles. The topological polar surface area (TPSA) is 70.4 Å². The molecular weight excluding hydrogens is 408 g/mol. The van der Waals surface area contributed by atoms with Crippen molar-refractivity contribution in [1.29, 1.82) is 5.26 Å². The second-order valence-corrected chi connectivity index (χ2v) is 10.2. The summed E-state index contributed by atoms with van der Waals surface area (Å²) in [6.07, 6.45) is 2.05. The maximum atomic E-state index is 11.5. The van der Waals surface area contributed by atoms with Gasteiger partial charge in [-0.25, -0.2) is 8.42 Å². The van der Waals surface area contributed by atoms with Crippen molar-refractivity contribution < 1.29 is 13.2 Å². The van der Waals surface area contributed by atoms with Crippen LogP contribution in [0.1, 0.15) is 18.1 Å². The van der Waals surface area contributed by atoms with Crippen molar-refractivity contribution in [3.8, 4) is 11.8 Å². The van der Waals surface area contributed by atoms with Crippen molar-refractivity contribution in [1.82, 2.24) is 4.90 Å². The molecular formula is C22H25ClN2O3S. The number of ether oxygens (including phenoxy) is 1. The summed E-state index contributed by atoms with van der Waals surface area (Å²) in [5.74, 6) is 1.61. The summed E-state index contributed by atoms with van der Waals surface area (Å²) in [6.45, 7) is 5.70. The van der Waals surface area contributed by atoms with Gasteiger partial charge in [0.05, 0.1) is 23.1 Å². The monoisotopic (exact) mass is 432 g/mol. The van der Waals surface area contributed by atoms with Crippen LogP contribution >= 0.6 is 11.6 Å². The van der Waals surface area contributed by atoms with Gasteiger partial charge in [-0.2, -0.15) is 5.26 Å². The highest BCUT2D eigenvalue weighted by molar-refractivity contribution is 7.90. The Morgan fingerprint density at radius 1 is 1.21 bits per heavy atom. The van der Waals surface area contributed by atoms with Crippen LogP contribution in [0, 0.1) is 23.2 Å². The van der Waals surface area contributed by atoms with Gasteiger partial charge in [0.15, 0.2) is 9.84 Å². The van der Waals surface area contributed by atoms with E-state index in [0.29, 0.717) is 39.7 Å². The van der Waals surface area contributed by atoms with Crippen LogP contribution < -0.4 is 4.74 Å². The van der Waals surface area contributed by atoms with E-state index in [4.69, 9.17) is 21.6 Å². The Labute approximate surface area is 177 Å². The highest BCUT2D eigenvalue weighted by atomic mass is 35.5. The van der Waals surface area contributed by atoms with E-state index in [1.807, 2.05) is 12.1 Å². The maximum Gasteiger partial charge on any atom is 0.175 e. The molecule has 5 nitrogen and oxygen atoms in total. The van der Waals surface area contributed by atoms with Gasteiger partial charge in [0, 0.05) is 36.8 Å². The largest absolute Gasteiger partial charge is 0.493 e. The summed E-state index contributed by atoms with van der Waals surface area (Å²) in [4.78, 5) is 2.71. The number of nitriles is 1. The Morgan fingerprint density at radius 3 is 2.59 bits per heavy atom. The van der Waals surface area contributed by atoms with E-state index >= 15 is 0 Å². The van der Waals surface area contributed by atoms with E-state index in [1.54, 1.807) is 30.3 Å². The van der Waals surface area contributed by atoms with Crippen LogP contribution in [0.5, 0.6) is 5.75 Å². The average molecular weight is 433 g/mol. The van der Waals surface area contributed by atoms with Crippen LogP contribution in [0.4, 0.5) is 0 Å². The Hall–Kier alpha value is -2.07. The highest BCUT2D eigenvalue weighted by Gasteiger charge is 2.29. The molecule has 0 spiro atoms. The first kappa shape index (κ1) is 21.6. The first-order valence-electron chi connectivity index (χ1n) is 9.59. The number of nitrogens with zero attached hydrogens (tertiary/aromatic N) is 2. The zero-order valence-electron chi connectivity index (χ0n) is 16.6. The maximum absolute atomic E-state index is 11.5. The summed E-state index contributed by atoms with van der Waals surface area (Å²) < 4.78 is 29.0. The third kappa shape index (κ3) is 5.96. The van der Waals surface area contributed by atoms with Gasteiger partial charge in [0.25, 0.3) is 0 Å². The SMILES string of the molecule is CC1CN(CCc2cc(Cl)cc(C#N)c2)CC1COc1ccc(S(C)(=O)=O)cc1. The predicted molar refractivity (Wildman–Crippen MR) is 114 cm³/mol. The van der Waals surface area contributed by atoms with E-state index in [2.05, 4.69) is 17.9 Å². The molecule has 0 radical (unpaired) electrons. The van der Waals surface area contributed by atoms with Crippen LogP contribution in [0.15, 0.2) is 47.4 Å². The minimum absolute atomic E-state index is 0.297. The molecule has 1 saturated heterocycles. The lowest BCUT2D eigenvalue weighted by molar-refractivity contribution is 0.225. The van der Waals surface area contributed by atoms with Crippen molar-refractivity contribution in [2.75, 3.05) is 32.5 Å². The molecule has 0 bridgehead atoms. The van der Waals surface area contributed by atoms with Crippen LogP contribution in [-0.2, 0) is 16.3 Å². The Bertz CT molecular complexity index is 1000. The van der Waals surface area contributed by atoms with Gasteiger partial charge in [-0.15, -0.1) is 0 Å². The highest BCUT2D eigenvalue weighted by Crippen LogP contribution is 2.25. The molecule has 2 aromatic carbocycles. The summed E-state index contributed by atoms with van der Waals surface area (Å²) >= 11 is 6.09. The number of sulfone groups is 1. The molecule has 1 fully saturated rings. The number of hydrogen-bond donors (Lipinski definition) is 0. The molecule has 0 aliphatic carbocycles. The third-order valence-corrected chi connectivity index (χ3v) is 6.71. The fourth-order valence-electron chi connectivity index (χ4n) is 3.67. The number of benzene rings is 2. The smallest absolute Gasteiger partial charge is 0.175 e.